The Morgan fingerprint density at radius 3 is 2.15 bits per heavy atom. The number of hydrogen-bond donors (Lipinski definition) is 0. The van der Waals surface area contributed by atoms with Gasteiger partial charge < -0.3 is 14.2 Å². The summed E-state index contributed by atoms with van der Waals surface area (Å²) in [4.78, 5) is 11.4. The lowest BCUT2D eigenvalue weighted by Crippen LogP contribution is -2.07. The molecule has 0 atom stereocenters. The summed E-state index contributed by atoms with van der Waals surface area (Å²) in [6.07, 6.45) is 1.91. The summed E-state index contributed by atoms with van der Waals surface area (Å²) < 4.78 is 15.9. The van der Waals surface area contributed by atoms with Crippen molar-refractivity contribution < 1.29 is 19.0 Å². The summed E-state index contributed by atoms with van der Waals surface area (Å²) in [7, 11) is 1.35. The molecule has 0 fully saturated rings. The van der Waals surface area contributed by atoms with Crippen LogP contribution in [-0.4, -0.2) is 26.3 Å². The number of methoxy groups -OCH3 is 1. The highest BCUT2D eigenvalue weighted by Gasteiger charge is 2.14. The lowest BCUT2D eigenvalue weighted by molar-refractivity contribution is -0.139. The zero-order valence-electron chi connectivity index (χ0n) is 12.2. The van der Waals surface area contributed by atoms with Crippen LogP contribution in [0.4, 0.5) is 0 Å². The Balaban J connectivity index is 3.00. The van der Waals surface area contributed by atoms with E-state index in [1.807, 2.05) is 13.8 Å². The van der Waals surface area contributed by atoms with E-state index in [-0.39, 0.29) is 12.4 Å². The molecule has 0 spiro atoms. The predicted molar refractivity (Wildman–Crippen MR) is 78.7 cm³/mol. The number of esters is 1. The molecule has 0 saturated heterocycles. The molecule has 0 unspecified atom stereocenters. The summed E-state index contributed by atoms with van der Waals surface area (Å²) >= 11 is 6.17. The normalized spacial score (nSPS) is 10.2. The first-order valence-electron chi connectivity index (χ1n) is 6.77. The average Bonchev–Trinajstić information content (AvgIpc) is 2.45. The number of carbonyl (C=O) groups excluding carboxylic acids is 1. The summed E-state index contributed by atoms with van der Waals surface area (Å²) in [6, 6.07) is 3.44. The van der Waals surface area contributed by atoms with Crippen LogP contribution in [0.5, 0.6) is 11.5 Å². The Morgan fingerprint density at radius 1 is 1.10 bits per heavy atom. The zero-order chi connectivity index (χ0) is 15.0. The third-order valence-electron chi connectivity index (χ3n) is 2.60. The third kappa shape index (κ3) is 4.93. The second kappa shape index (κ2) is 8.69. The number of ether oxygens (including phenoxy) is 3. The smallest absolute Gasteiger partial charge is 0.310 e. The van der Waals surface area contributed by atoms with Gasteiger partial charge in [-0.05, 0) is 24.5 Å². The summed E-state index contributed by atoms with van der Waals surface area (Å²) in [5.74, 6) is 0.887. The van der Waals surface area contributed by atoms with Crippen molar-refractivity contribution in [2.24, 2.45) is 0 Å². The number of benzene rings is 1. The molecule has 1 rings (SSSR count). The van der Waals surface area contributed by atoms with Gasteiger partial charge in [-0.2, -0.15) is 0 Å². The number of hydrogen-bond acceptors (Lipinski definition) is 4. The van der Waals surface area contributed by atoms with Crippen molar-refractivity contribution in [1.29, 1.82) is 0 Å². The van der Waals surface area contributed by atoms with Crippen molar-refractivity contribution in [3.8, 4) is 11.5 Å². The van der Waals surface area contributed by atoms with Crippen molar-refractivity contribution in [3.05, 3.63) is 22.7 Å². The summed E-state index contributed by atoms with van der Waals surface area (Å²) in [5, 5.41) is 0.477. The molecule has 1 aromatic carbocycles. The van der Waals surface area contributed by atoms with E-state index < -0.39 is 0 Å². The van der Waals surface area contributed by atoms with E-state index in [0.29, 0.717) is 35.3 Å². The monoisotopic (exact) mass is 300 g/mol. The summed E-state index contributed by atoms with van der Waals surface area (Å²) in [5.41, 5.74) is 0.675. The molecule has 0 aliphatic heterocycles. The highest BCUT2D eigenvalue weighted by molar-refractivity contribution is 6.31. The molecule has 0 bridgehead atoms. The predicted octanol–water partition coefficient (Wildman–Crippen LogP) is 3.63. The molecule has 0 heterocycles. The van der Waals surface area contributed by atoms with Crippen LogP contribution in [0.3, 0.4) is 0 Å². The van der Waals surface area contributed by atoms with Crippen LogP contribution in [-0.2, 0) is 16.0 Å². The molecule has 20 heavy (non-hydrogen) atoms. The fraction of sp³-hybridized carbons (Fsp3) is 0.533. The highest BCUT2D eigenvalue weighted by atomic mass is 35.5. The van der Waals surface area contributed by atoms with E-state index in [1.165, 1.54) is 7.11 Å². The topological polar surface area (TPSA) is 44.8 Å². The molecule has 0 aliphatic carbocycles. The van der Waals surface area contributed by atoms with E-state index in [0.717, 1.165) is 12.8 Å². The van der Waals surface area contributed by atoms with Gasteiger partial charge in [0.05, 0.1) is 26.7 Å². The van der Waals surface area contributed by atoms with Crippen LogP contribution in [0.15, 0.2) is 12.1 Å². The van der Waals surface area contributed by atoms with Crippen LogP contribution in [0.25, 0.3) is 0 Å². The Kier molecular flexibility index (Phi) is 7.23. The first-order valence-corrected chi connectivity index (χ1v) is 7.15. The molecular formula is C15H21ClO4. The molecule has 5 heteroatoms. The van der Waals surface area contributed by atoms with Gasteiger partial charge in [-0.15, -0.1) is 0 Å². The van der Waals surface area contributed by atoms with Crippen molar-refractivity contribution >= 4 is 17.6 Å². The maximum atomic E-state index is 11.4. The van der Waals surface area contributed by atoms with E-state index in [9.17, 15) is 4.79 Å². The molecule has 0 N–H and O–H groups in total. The molecule has 0 aliphatic rings. The van der Waals surface area contributed by atoms with Gasteiger partial charge in [0, 0.05) is 11.1 Å². The van der Waals surface area contributed by atoms with Crippen LogP contribution in [0.2, 0.25) is 5.02 Å². The van der Waals surface area contributed by atoms with Gasteiger partial charge in [0.25, 0.3) is 0 Å². The Hall–Kier alpha value is -1.42. The van der Waals surface area contributed by atoms with E-state index in [1.54, 1.807) is 12.1 Å². The zero-order valence-corrected chi connectivity index (χ0v) is 13.0. The first kappa shape index (κ1) is 16.6. The van der Waals surface area contributed by atoms with Crippen molar-refractivity contribution in [1.82, 2.24) is 0 Å². The average molecular weight is 301 g/mol. The van der Waals surface area contributed by atoms with Crippen LogP contribution < -0.4 is 9.47 Å². The molecule has 0 radical (unpaired) electrons. The quantitative estimate of drug-likeness (QED) is 0.688. The van der Waals surface area contributed by atoms with Gasteiger partial charge in [0.2, 0.25) is 0 Å². The Bertz CT molecular complexity index is 446. The molecule has 0 saturated carbocycles. The van der Waals surface area contributed by atoms with Gasteiger partial charge >= 0.3 is 5.97 Å². The molecular weight excluding hydrogens is 280 g/mol. The van der Waals surface area contributed by atoms with Crippen molar-refractivity contribution in [2.45, 2.75) is 33.1 Å². The standard InChI is InChI=1S/C15H21ClO4/c1-4-6-19-13-8-11(9-15(17)18-3)12(16)10-14(13)20-7-5-2/h8,10H,4-7,9H2,1-3H3. The minimum atomic E-state index is -0.337. The Labute approximate surface area is 125 Å². The molecule has 1 aromatic rings. The number of rotatable bonds is 8. The minimum absolute atomic E-state index is 0.117. The van der Waals surface area contributed by atoms with Crippen LogP contribution in [0, 0.1) is 0 Å². The maximum absolute atomic E-state index is 11.4. The molecule has 4 nitrogen and oxygen atoms in total. The molecule has 112 valence electrons. The van der Waals surface area contributed by atoms with Crippen LogP contribution >= 0.6 is 11.6 Å². The van der Waals surface area contributed by atoms with E-state index >= 15 is 0 Å². The largest absolute Gasteiger partial charge is 0.490 e. The second-order valence-electron chi connectivity index (χ2n) is 4.34. The van der Waals surface area contributed by atoms with Gasteiger partial charge in [-0.25, -0.2) is 0 Å². The molecule has 0 aromatic heterocycles. The lowest BCUT2D eigenvalue weighted by atomic mass is 10.1. The SMILES string of the molecule is CCCOc1cc(Cl)c(CC(=O)OC)cc1OCCC. The van der Waals surface area contributed by atoms with Gasteiger partial charge in [-0.3, -0.25) is 4.79 Å². The number of carbonyl (C=O) groups is 1. The lowest BCUT2D eigenvalue weighted by Gasteiger charge is -2.14. The van der Waals surface area contributed by atoms with E-state index in [2.05, 4.69) is 4.74 Å². The van der Waals surface area contributed by atoms with E-state index in [4.69, 9.17) is 21.1 Å². The third-order valence-corrected chi connectivity index (χ3v) is 2.95. The maximum Gasteiger partial charge on any atom is 0.310 e. The van der Waals surface area contributed by atoms with Gasteiger partial charge in [0.1, 0.15) is 0 Å². The highest BCUT2D eigenvalue weighted by Crippen LogP contribution is 2.34. The summed E-state index contributed by atoms with van der Waals surface area (Å²) in [6.45, 7) is 5.23. The molecule has 0 amide bonds. The fourth-order valence-electron chi connectivity index (χ4n) is 1.59. The first-order chi connectivity index (χ1) is 9.62. The minimum Gasteiger partial charge on any atom is -0.490 e. The van der Waals surface area contributed by atoms with Gasteiger partial charge in [-0.1, -0.05) is 25.4 Å². The number of halogens is 1. The Morgan fingerprint density at radius 2 is 1.65 bits per heavy atom. The van der Waals surface area contributed by atoms with Crippen LogP contribution in [0.1, 0.15) is 32.3 Å². The second-order valence-corrected chi connectivity index (χ2v) is 4.75. The van der Waals surface area contributed by atoms with Gasteiger partial charge in [0.15, 0.2) is 11.5 Å². The fourth-order valence-corrected chi connectivity index (χ4v) is 1.81. The van der Waals surface area contributed by atoms with Crippen molar-refractivity contribution in [2.75, 3.05) is 20.3 Å². The van der Waals surface area contributed by atoms with Crippen molar-refractivity contribution in [3.63, 3.8) is 0 Å².